The predicted octanol–water partition coefficient (Wildman–Crippen LogP) is 0.965. The number of nitrogen functional groups attached to an aromatic ring is 1. The van der Waals surface area contributed by atoms with E-state index in [1.807, 2.05) is 6.92 Å². The number of hydrazine groups is 1. The van der Waals surface area contributed by atoms with Crippen LogP contribution in [0.5, 0.6) is 0 Å². The molecular formula is C15H26N4O2. The van der Waals surface area contributed by atoms with Gasteiger partial charge in [-0.3, -0.25) is 15.1 Å². The van der Waals surface area contributed by atoms with Crippen molar-refractivity contribution in [1.29, 1.82) is 0 Å². The Morgan fingerprint density at radius 2 is 2.14 bits per heavy atom. The Morgan fingerprint density at radius 1 is 1.48 bits per heavy atom. The summed E-state index contributed by atoms with van der Waals surface area (Å²) in [6, 6.07) is 1.80. The summed E-state index contributed by atoms with van der Waals surface area (Å²) in [5.74, 6) is 6.62. The van der Waals surface area contributed by atoms with Crippen molar-refractivity contribution < 1.29 is 9.21 Å². The summed E-state index contributed by atoms with van der Waals surface area (Å²) in [5, 5.41) is 0. The third-order valence-electron chi connectivity index (χ3n) is 4.10. The molecule has 0 unspecified atom stereocenters. The van der Waals surface area contributed by atoms with Crippen LogP contribution in [0.25, 0.3) is 0 Å². The molecule has 1 aliphatic rings. The molecule has 3 N–H and O–H groups in total. The quantitative estimate of drug-likeness (QED) is 0.481. The number of likely N-dealkylation sites (tertiary alicyclic amines) is 1. The number of hydrogen-bond acceptors (Lipinski definition) is 5. The first-order valence-corrected chi connectivity index (χ1v) is 7.47. The van der Waals surface area contributed by atoms with Gasteiger partial charge in [0.25, 0.3) is 0 Å². The van der Waals surface area contributed by atoms with E-state index in [1.165, 1.54) is 19.4 Å². The van der Waals surface area contributed by atoms with Crippen molar-refractivity contribution in [2.75, 3.05) is 33.7 Å². The number of piperidine rings is 1. The monoisotopic (exact) mass is 294 g/mol. The summed E-state index contributed by atoms with van der Waals surface area (Å²) in [5.41, 5.74) is 3.17. The molecule has 0 radical (unpaired) electrons. The standard InChI is InChI=1S/C15H26N4O2/c1-11-13(8-14(21-11)15(20)17-16)10-19-6-4-12(5-7-19)9-18(2)3/h8,12H,4-7,9-10,16H2,1-3H3,(H,17,20). The van der Waals surface area contributed by atoms with Crippen molar-refractivity contribution >= 4 is 5.91 Å². The van der Waals surface area contributed by atoms with E-state index in [-0.39, 0.29) is 11.7 Å². The van der Waals surface area contributed by atoms with Crippen molar-refractivity contribution in [3.8, 4) is 0 Å². The van der Waals surface area contributed by atoms with Crippen LogP contribution >= 0.6 is 0 Å². The molecule has 0 bridgehead atoms. The summed E-state index contributed by atoms with van der Waals surface area (Å²) < 4.78 is 5.46. The number of carbonyl (C=O) groups excluding carboxylic acids is 1. The molecule has 1 fully saturated rings. The van der Waals surface area contributed by atoms with E-state index in [0.29, 0.717) is 0 Å². The molecule has 2 heterocycles. The highest BCUT2D eigenvalue weighted by Gasteiger charge is 2.21. The Labute approximate surface area is 126 Å². The minimum atomic E-state index is -0.381. The van der Waals surface area contributed by atoms with E-state index < -0.39 is 0 Å². The molecule has 0 aliphatic carbocycles. The molecule has 0 saturated carbocycles. The van der Waals surface area contributed by atoms with Crippen LogP contribution in [-0.4, -0.2) is 49.4 Å². The van der Waals surface area contributed by atoms with E-state index in [4.69, 9.17) is 10.3 Å². The lowest BCUT2D eigenvalue weighted by molar-refractivity contribution is 0.0924. The topological polar surface area (TPSA) is 74.7 Å². The summed E-state index contributed by atoms with van der Waals surface area (Å²) in [6.07, 6.45) is 2.45. The first-order valence-electron chi connectivity index (χ1n) is 7.47. The van der Waals surface area contributed by atoms with Gasteiger partial charge in [0.2, 0.25) is 0 Å². The van der Waals surface area contributed by atoms with Gasteiger partial charge in [-0.2, -0.15) is 0 Å². The summed E-state index contributed by atoms with van der Waals surface area (Å²) in [7, 11) is 4.26. The van der Waals surface area contributed by atoms with Crippen LogP contribution in [-0.2, 0) is 6.54 Å². The van der Waals surface area contributed by atoms with Gasteiger partial charge in [-0.1, -0.05) is 0 Å². The molecule has 0 spiro atoms. The van der Waals surface area contributed by atoms with Crippen LogP contribution in [0.4, 0.5) is 0 Å². The summed E-state index contributed by atoms with van der Waals surface area (Å²) in [6.45, 7) is 6.09. The molecule has 6 nitrogen and oxygen atoms in total. The molecule has 1 aromatic heterocycles. The van der Waals surface area contributed by atoms with Gasteiger partial charge in [-0.05, 0) is 58.9 Å². The third-order valence-corrected chi connectivity index (χ3v) is 4.10. The Balaban J connectivity index is 1.89. The molecule has 2 rings (SSSR count). The Hall–Kier alpha value is -1.37. The summed E-state index contributed by atoms with van der Waals surface area (Å²) >= 11 is 0. The van der Waals surface area contributed by atoms with Gasteiger partial charge in [0.15, 0.2) is 5.76 Å². The fourth-order valence-corrected chi connectivity index (χ4v) is 2.94. The third kappa shape index (κ3) is 4.30. The van der Waals surface area contributed by atoms with Crippen molar-refractivity contribution in [3.63, 3.8) is 0 Å². The van der Waals surface area contributed by atoms with E-state index in [9.17, 15) is 4.79 Å². The van der Waals surface area contributed by atoms with Gasteiger partial charge in [-0.25, -0.2) is 5.84 Å². The van der Waals surface area contributed by atoms with Crippen molar-refractivity contribution in [2.24, 2.45) is 11.8 Å². The average molecular weight is 294 g/mol. The second kappa shape index (κ2) is 7.06. The molecule has 118 valence electrons. The van der Waals surface area contributed by atoms with Crippen LogP contribution in [0.2, 0.25) is 0 Å². The number of aryl methyl sites for hydroxylation is 1. The largest absolute Gasteiger partial charge is 0.456 e. The number of nitrogens with zero attached hydrogens (tertiary/aromatic N) is 2. The zero-order chi connectivity index (χ0) is 15.4. The number of nitrogens with one attached hydrogen (secondary N) is 1. The van der Waals surface area contributed by atoms with E-state index in [0.717, 1.165) is 36.9 Å². The highest BCUT2D eigenvalue weighted by molar-refractivity contribution is 5.91. The molecule has 1 amide bonds. The van der Waals surface area contributed by atoms with Crippen molar-refractivity contribution in [3.05, 3.63) is 23.2 Å². The number of rotatable bonds is 5. The van der Waals surface area contributed by atoms with Crippen LogP contribution in [0.15, 0.2) is 10.5 Å². The highest BCUT2D eigenvalue weighted by atomic mass is 16.4. The lowest BCUT2D eigenvalue weighted by Crippen LogP contribution is -2.36. The Kier molecular flexibility index (Phi) is 5.39. The Morgan fingerprint density at radius 3 is 2.71 bits per heavy atom. The number of nitrogens with two attached hydrogens (primary N) is 1. The fraction of sp³-hybridized carbons (Fsp3) is 0.667. The lowest BCUT2D eigenvalue weighted by Gasteiger charge is -2.33. The van der Waals surface area contributed by atoms with Crippen LogP contribution < -0.4 is 11.3 Å². The van der Waals surface area contributed by atoms with Gasteiger partial charge >= 0.3 is 5.91 Å². The predicted molar refractivity (Wildman–Crippen MR) is 81.7 cm³/mol. The first-order chi connectivity index (χ1) is 9.99. The molecule has 0 atom stereocenters. The first kappa shape index (κ1) is 16.0. The zero-order valence-corrected chi connectivity index (χ0v) is 13.2. The molecule has 6 heteroatoms. The lowest BCUT2D eigenvalue weighted by atomic mass is 9.96. The minimum absolute atomic E-state index is 0.285. The van der Waals surface area contributed by atoms with E-state index in [1.54, 1.807) is 6.07 Å². The minimum Gasteiger partial charge on any atom is -0.456 e. The maximum Gasteiger partial charge on any atom is 0.300 e. The molecule has 0 aromatic carbocycles. The number of carbonyl (C=O) groups is 1. The zero-order valence-electron chi connectivity index (χ0n) is 13.2. The Bertz CT molecular complexity index is 476. The van der Waals surface area contributed by atoms with Crippen LogP contribution in [0.3, 0.4) is 0 Å². The van der Waals surface area contributed by atoms with Gasteiger partial charge in [0.1, 0.15) is 5.76 Å². The summed E-state index contributed by atoms with van der Waals surface area (Å²) in [4.78, 5) is 16.2. The van der Waals surface area contributed by atoms with Gasteiger partial charge in [0, 0.05) is 18.7 Å². The van der Waals surface area contributed by atoms with Gasteiger partial charge < -0.3 is 9.32 Å². The SMILES string of the molecule is Cc1oc(C(=O)NN)cc1CN1CCC(CN(C)C)CC1. The fourth-order valence-electron chi connectivity index (χ4n) is 2.94. The maximum atomic E-state index is 11.5. The number of hydrogen-bond donors (Lipinski definition) is 2. The van der Waals surface area contributed by atoms with Gasteiger partial charge in [-0.15, -0.1) is 0 Å². The molecular weight excluding hydrogens is 268 g/mol. The second-order valence-electron chi connectivity index (χ2n) is 6.15. The second-order valence-corrected chi connectivity index (χ2v) is 6.15. The smallest absolute Gasteiger partial charge is 0.300 e. The molecule has 1 aromatic rings. The van der Waals surface area contributed by atoms with Crippen LogP contribution in [0, 0.1) is 12.8 Å². The van der Waals surface area contributed by atoms with Gasteiger partial charge in [0.05, 0.1) is 0 Å². The number of furan rings is 1. The maximum absolute atomic E-state index is 11.5. The highest BCUT2D eigenvalue weighted by Crippen LogP contribution is 2.22. The average Bonchev–Trinajstić information content (AvgIpc) is 2.81. The molecule has 1 aliphatic heterocycles. The van der Waals surface area contributed by atoms with Crippen molar-refractivity contribution in [1.82, 2.24) is 15.2 Å². The number of amides is 1. The van der Waals surface area contributed by atoms with E-state index >= 15 is 0 Å². The van der Waals surface area contributed by atoms with E-state index in [2.05, 4.69) is 29.3 Å². The molecule has 21 heavy (non-hydrogen) atoms. The van der Waals surface area contributed by atoms with Crippen LogP contribution in [0.1, 0.15) is 34.7 Å². The molecule has 1 saturated heterocycles. The van der Waals surface area contributed by atoms with Crippen molar-refractivity contribution in [2.45, 2.75) is 26.3 Å². The normalized spacial score (nSPS) is 17.4.